The third-order valence-electron chi connectivity index (χ3n) is 5.34. The largest absolute Gasteiger partial charge is 0.494 e. The molecule has 0 bridgehead atoms. The summed E-state index contributed by atoms with van der Waals surface area (Å²) in [5, 5.41) is 5.08. The Bertz CT molecular complexity index is 1060. The molecule has 0 radical (unpaired) electrons. The van der Waals surface area contributed by atoms with Crippen LogP contribution in [0, 0.1) is 5.92 Å². The average Bonchev–Trinajstić information content (AvgIpc) is 3.17. The monoisotopic (exact) mass is 418 g/mol. The van der Waals surface area contributed by atoms with Gasteiger partial charge in [0.15, 0.2) is 6.61 Å². The minimum atomic E-state index is -0.194. The molecule has 1 fully saturated rings. The van der Waals surface area contributed by atoms with Crippen molar-refractivity contribution in [2.24, 2.45) is 5.92 Å². The van der Waals surface area contributed by atoms with Gasteiger partial charge in [0.1, 0.15) is 11.5 Å². The SMILES string of the molecule is CCOc1ccc(N2CC(CNC(=O)COc3ccc4ccccc4c3)CC2=O)cc1. The van der Waals surface area contributed by atoms with Crippen LogP contribution in [0.25, 0.3) is 10.8 Å². The third-order valence-corrected chi connectivity index (χ3v) is 5.34. The number of hydrogen-bond acceptors (Lipinski definition) is 4. The summed E-state index contributed by atoms with van der Waals surface area (Å²) in [4.78, 5) is 26.4. The summed E-state index contributed by atoms with van der Waals surface area (Å²) in [6.45, 7) is 3.51. The Hall–Kier alpha value is -3.54. The summed E-state index contributed by atoms with van der Waals surface area (Å²) in [7, 11) is 0. The van der Waals surface area contributed by atoms with Crippen LogP contribution in [-0.2, 0) is 9.59 Å². The fourth-order valence-electron chi connectivity index (χ4n) is 3.77. The van der Waals surface area contributed by atoms with E-state index in [4.69, 9.17) is 9.47 Å². The van der Waals surface area contributed by atoms with Crippen molar-refractivity contribution in [3.8, 4) is 11.5 Å². The molecule has 1 aliphatic heterocycles. The number of nitrogens with zero attached hydrogens (tertiary/aromatic N) is 1. The molecule has 2 amide bonds. The highest BCUT2D eigenvalue weighted by Gasteiger charge is 2.30. The van der Waals surface area contributed by atoms with Crippen molar-refractivity contribution in [2.45, 2.75) is 13.3 Å². The Labute approximate surface area is 181 Å². The summed E-state index contributed by atoms with van der Waals surface area (Å²) in [5.74, 6) is 1.39. The number of rotatable bonds is 8. The zero-order valence-electron chi connectivity index (χ0n) is 17.5. The molecule has 1 atom stereocenters. The van der Waals surface area contributed by atoms with Crippen LogP contribution < -0.4 is 19.7 Å². The van der Waals surface area contributed by atoms with Crippen molar-refractivity contribution in [1.29, 1.82) is 0 Å². The lowest BCUT2D eigenvalue weighted by molar-refractivity contribution is -0.123. The molecule has 160 valence electrons. The van der Waals surface area contributed by atoms with E-state index in [0.29, 0.717) is 31.9 Å². The highest BCUT2D eigenvalue weighted by Crippen LogP contribution is 2.26. The number of carbonyl (C=O) groups excluding carboxylic acids is 2. The van der Waals surface area contributed by atoms with Crippen molar-refractivity contribution in [2.75, 3.05) is 31.2 Å². The maximum atomic E-state index is 12.4. The highest BCUT2D eigenvalue weighted by molar-refractivity contribution is 5.95. The van der Waals surface area contributed by atoms with Crippen LogP contribution in [0.5, 0.6) is 11.5 Å². The van der Waals surface area contributed by atoms with Crippen molar-refractivity contribution in [3.63, 3.8) is 0 Å². The van der Waals surface area contributed by atoms with Crippen molar-refractivity contribution < 1.29 is 19.1 Å². The summed E-state index contributed by atoms with van der Waals surface area (Å²) in [5.41, 5.74) is 0.849. The van der Waals surface area contributed by atoms with Gasteiger partial charge in [-0.1, -0.05) is 30.3 Å². The minimum Gasteiger partial charge on any atom is -0.494 e. The second-order valence-corrected chi connectivity index (χ2v) is 7.60. The fourth-order valence-corrected chi connectivity index (χ4v) is 3.77. The van der Waals surface area contributed by atoms with Gasteiger partial charge in [0, 0.05) is 31.1 Å². The molecule has 3 aromatic carbocycles. The molecule has 3 aromatic rings. The lowest BCUT2D eigenvalue weighted by Gasteiger charge is -2.17. The van der Waals surface area contributed by atoms with E-state index < -0.39 is 0 Å². The first-order chi connectivity index (χ1) is 15.1. The lowest BCUT2D eigenvalue weighted by atomic mass is 10.1. The molecule has 0 spiro atoms. The minimum absolute atomic E-state index is 0.0540. The molecule has 1 heterocycles. The number of amides is 2. The molecule has 0 aliphatic carbocycles. The molecule has 6 heteroatoms. The Kier molecular flexibility index (Phi) is 6.36. The van der Waals surface area contributed by atoms with E-state index in [1.165, 1.54) is 0 Å². The summed E-state index contributed by atoms with van der Waals surface area (Å²) in [6, 6.07) is 21.3. The number of benzene rings is 3. The predicted molar refractivity (Wildman–Crippen MR) is 121 cm³/mol. The van der Waals surface area contributed by atoms with E-state index in [9.17, 15) is 9.59 Å². The molecule has 6 nitrogen and oxygen atoms in total. The Balaban J connectivity index is 1.25. The maximum absolute atomic E-state index is 12.4. The normalized spacial score (nSPS) is 15.8. The fraction of sp³-hybridized carbons (Fsp3) is 0.280. The van der Waals surface area contributed by atoms with E-state index in [1.54, 1.807) is 4.90 Å². The van der Waals surface area contributed by atoms with Gasteiger partial charge in [-0.3, -0.25) is 9.59 Å². The van der Waals surface area contributed by atoms with Gasteiger partial charge in [-0.15, -0.1) is 0 Å². The van der Waals surface area contributed by atoms with E-state index >= 15 is 0 Å². The Morgan fingerprint density at radius 1 is 1.00 bits per heavy atom. The van der Waals surface area contributed by atoms with Crippen molar-refractivity contribution in [3.05, 3.63) is 66.7 Å². The van der Waals surface area contributed by atoms with E-state index in [2.05, 4.69) is 5.32 Å². The van der Waals surface area contributed by atoms with Crippen molar-refractivity contribution >= 4 is 28.3 Å². The quantitative estimate of drug-likeness (QED) is 0.604. The van der Waals surface area contributed by atoms with Gasteiger partial charge in [0.25, 0.3) is 5.91 Å². The lowest BCUT2D eigenvalue weighted by Crippen LogP contribution is -2.34. The van der Waals surface area contributed by atoms with Crippen molar-refractivity contribution in [1.82, 2.24) is 5.32 Å². The number of ether oxygens (including phenoxy) is 2. The van der Waals surface area contributed by atoms with Crippen LogP contribution in [-0.4, -0.2) is 38.1 Å². The molecule has 31 heavy (non-hydrogen) atoms. The molecule has 4 rings (SSSR count). The zero-order chi connectivity index (χ0) is 21.6. The highest BCUT2D eigenvalue weighted by atomic mass is 16.5. The van der Waals surface area contributed by atoms with Crippen LogP contribution in [0.3, 0.4) is 0 Å². The maximum Gasteiger partial charge on any atom is 0.257 e. The number of nitrogens with one attached hydrogen (secondary N) is 1. The van der Waals surface area contributed by atoms with E-state index in [1.807, 2.05) is 73.7 Å². The van der Waals surface area contributed by atoms with Gasteiger partial charge in [0.05, 0.1) is 6.61 Å². The van der Waals surface area contributed by atoms with Crippen LogP contribution in [0.4, 0.5) is 5.69 Å². The summed E-state index contributed by atoms with van der Waals surface area (Å²) < 4.78 is 11.1. The zero-order valence-corrected chi connectivity index (χ0v) is 17.5. The first kappa shape index (κ1) is 20.7. The molecule has 1 saturated heterocycles. The Morgan fingerprint density at radius 3 is 2.52 bits per heavy atom. The number of fused-ring (bicyclic) bond motifs is 1. The molecule has 1 unspecified atom stereocenters. The van der Waals surface area contributed by atoms with Crippen LogP contribution in [0.2, 0.25) is 0 Å². The second kappa shape index (κ2) is 9.51. The topological polar surface area (TPSA) is 67.9 Å². The number of anilines is 1. The van der Waals surface area contributed by atoms with Gasteiger partial charge >= 0.3 is 0 Å². The smallest absolute Gasteiger partial charge is 0.257 e. The first-order valence-corrected chi connectivity index (χ1v) is 10.5. The molecular weight excluding hydrogens is 392 g/mol. The predicted octanol–water partition coefficient (Wildman–Crippen LogP) is 3.79. The summed E-state index contributed by atoms with van der Waals surface area (Å²) >= 11 is 0. The second-order valence-electron chi connectivity index (χ2n) is 7.60. The van der Waals surface area contributed by atoms with Gasteiger partial charge in [-0.2, -0.15) is 0 Å². The number of carbonyl (C=O) groups is 2. The standard InChI is InChI=1S/C25H26N2O4/c1-2-30-22-11-8-21(9-12-22)27-16-18(13-25(27)29)15-26-24(28)17-31-23-10-7-19-5-3-4-6-20(19)14-23/h3-12,14,18H,2,13,15-17H2,1H3,(H,26,28). The number of hydrogen-bond donors (Lipinski definition) is 1. The molecule has 0 aromatic heterocycles. The third kappa shape index (κ3) is 5.15. The molecule has 1 aliphatic rings. The molecule has 1 N–H and O–H groups in total. The Morgan fingerprint density at radius 2 is 1.74 bits per heavy atom. The van der Waals surface area contributed by atoms with Gasteiger partial charge < -0.3 is 19.7 Å². The first-order valence-electron chi connectivity index (χ1n) is 10.5. The van der Waals surface area contributed by atoms with Gasteiger partial charge in [-0.25, -0.2) is 0 Å². The summed E-state index contributed by atoms with van der Waals surface area (Å²) in [6.07, 6.45) is 0.416. The molecular formula is C25H26N2O4. The van der Waals surface area contributed by atoms with E-state index in [0.717, 1.165) is 22.2 Å². The van der Waals surface area contributed by atoms with Crippen LogP contribution in [0.15, 0.2) is 66.7 Å². The van der Waals surface area contributed by atoms with Gasteiger partial charge in [0.2, 0.25) is 5.91 Å². The van der Waals surface area contributed by atoms with E-state index in [-0.39, 0.29) is 24.3 Å². The van der Waals surface area contributed by atoms with Crippen LogP contribution in [0.1, 0.15) is 13.3 Å². The van der Waals surface area contributed by atoms with Gasteiger partial charge in [-0.05, 0) is 54.1 Å². The molecule has 0 saturated carbocycles. The average molecular weight is 418 g/mol. The van der Waals surface area contributed by atoms with Crippen LogP contribution >= 0.6 is 0 Å².